The molecule has 2 aromatic rings. The molecule has 0 saturated carbocycles. The highest BCUT2D eigenvalue weighted by atomic mass is 16.5. The minimum absolute atomic E-state index is 0.271. The number of ether oxygens (including phenoxy) is 1. The fourth-order valence-corrected chi connectivity index (χ4v) is 2.78. The second-order valence-corrected chi connectivity index (χ2v) is 5.61. The van der Waals surface area contributed by atoms with Crippen LogP contribution in [0.25, 0.3) is 10.9 Å². The van der Waals surface area contributed by atoms with Gasteiger partial charge in [0.05, 0.1) is 11.1 Å². The quantitative estimate of drug-likeness (QED) is 0.920. The first-order valence-corrected chi connectivity index (χ1v) is 7.72. The van der Waals surface area contributed by atoms with Crippen LogP contribution in [0.4, 0.5) is 0 Å². The van der Waals surface area contributed by atoms with Crippen LogP contribution in [0, 0.1) is 0 Å². The molecule has 0 amide bonds. The molecule has 0 atom stereocenters. The fourth-order valence-electron chi connectivity index (χ4n) is 2.78. The maximum Gasteiger partial charge on any atom is 0.335 e. The molecule has 0 radical (unpaired) electrons. The van der Waals surface area contributed by atoms with Crippen molar-refractivity contribution in [2.45, 2.75) is 19.3 Å². The van der Waals surface area contributed by atoms with Crippen LogP contribution >= 0.6 is 0 Å². The van der Waals surface area contributed by atoms with Gasteiger partial charge in [-0.05, 0) is 50.2 Å². The average molecular weight is 300 g/mol. The van der Waals surface area contributed by atoms with Gasteiger partial charge in [-0.1, -0.05) is 6.42 Å². The molecule has 0 spiro atoms. The molecule has 3 rings (SSSR count). The molecule has 5 heteroatoms. The van der Waals surface area contributed by atoms with Crippen molar-refractivity contribution in [2.24, 2.45) is 0 Å². The molecule has 116 valence electrons. The highest BCUT2D eigenvalue weighted by Gasteiger charge is 2.10. The van der Waals surface area contributed by atoms with Gasteiger partial charge in [-0.15, -0.1) is 0 Å². The van der Waals surface area contributed by atoms with Crippen LogP contribution < -0.4 is 4.74 Å². The van der Waals surface area contributed by atoms with E-state index >= 15 is 0 Å². The van der Waals surface area contributed by atoms with Crippen LogP contribution in [0.3, 0.4) is 0 Å². The number of benzene rings is 1. The predicted molar refractivity (Wildman–Crippen MR) is 84.5 cm³/mol. The smallest absolute Gasteiger partial charge is 0.335 e. The Kier molecular flexibility index (Phi) is 4.53. The second kappa shape index (κ2) is 6.75. The number of pyridine rings is 1. The summed E-state index contributed by atoms with van der Waals surface area (Å²) in [6, 6.07) is 8.56. The maximum absolute atomic E-state index is 11.0. The molecule has 1 aliphatic rings. The highest BCUT2D eigenvalue weighted by molar-refractivity contribution is 5.93. The van der Waals surface area contributed by atoms with Crippen molar-refractivity contribution in [3.05, 3.63) is 35.9 Å². The number of aromatic carboxylic acids is 1. The number of carboxylic acids is 1. The van der Waals surface area contributed by atoms with E-state index in [4.69, 9.17) is 9.84 Å². The molecular formula is C17H20N2O3. The highest BCUT2D eigenvalue weighted by Crippen LogP contribution is 2.18. The normalized spacial score (nSPS) is 15.8. The summed E-state index contributed by atoms with van der Waals surface area (Å²) < 4.78 is 5.73. The van der Waals surface area contributed by atoms with Gasteiger partial charge in [-0.3, -0.25) is 4.90 Å². The number of fused-ring (bicyclic) bond motifs is 1. The lowest BCUT2D eigenvalue weighted by Gasteiger charge is -2.26. The van der Waals surface area contributed by atoms with Gasteiger partial charge in [0.2, 0.25) is 5.88 Å². The van der Waals surface area contributed by atoms with Gasteiger partial charge in [0.15, 0.2) is 0 Å². The minimum Gasteiger partial charge on any atom is -0.478 e. The Morgan fingerprint density at radius 1 is 1.18 bits per heavy atom. The number of piperidine rings is 1. The summed E-state index contributed by atoms with van der Waals surface area (Å²) in [7, 11) is 0. The summed E-state index contributed by atoms with van der Waals surface area (Å²) in [6.07, 6.45) is 3.89. The van der Waals surface area contributed by atoms with Crippen LogP contribution in [-0.4, -0.2) is 47.2 Å². The van der Waals surface area contributed by atoms with Crippen molar-refractivity contribution in [3.63, 3.8) is 0 Å². The van der Waals surface area contributed by atoms with E-state index < -0.39 is 5.97 Å². The topological polar surface area (TPSA) is 62.7 Å². The number of carboxylic acid groups (broad SMARTS) is 1. The second-order valence-electron chi connectivity index (χ2n) is 5.61. The molecule has 2 heterocycles. The van der Waals surface area contributed by atoms with E-state index in [1.54, 1.807) is 24.3 Å². The predicted octanol–water partition coefficient (Wildman–Crippen LogP) is 2.80. The number of carbonyl (C=O) groups is 1. The lowest BCUT2D eigenvalue weighted by molar-refractivity contribution is 0.0697. The molecular weight excluding hydrogens is 280 g/mol. The third-order valence-electron chi connectivity index (χ3n) is 4.02. The summed E-state index contributed by atoms with van der Waals surface area (Å²) in [5, 5.41) is 9.80. The lowest BCUT2D eigenvalue weighted by atomic mass is 10.1. The van der Waals surface area contributed by atoms with Crippen LogP contribution in [-0.2, 0) is 0 Å². The first kappa shape index (κ1) is 14.8. The van der Waals surface area contributed by atoms with Crippen LogP contribution in [0.2, 0.25) is 0 Å². The van der Waals surface area contributed by atoms with Gasteiger partial charge in [0.1, 0.15) is 6.61 Å². The molecule has 22 heavy (non-hydrogen) atoms. The Balaban J connectivity index is 1.62. The molecule has 5 nitrogen and oxygen atoms in total. The molecule has 1 aromatic heterocycles. The van der Waals surface area contributed by atoms with E-state index in [1.807, 2.05) is 6.07 Å². The molecule has 1 N–H and O–H groups in total. The first-order chi connectivity index (χ1) is 10.7. The van der Waals surface area contributed by atoms with Gasteiger partial charge in [-0.25, -0.2) is 9.78 Å². The van der Waals surface area contributed by atoms with E-state index in [-0.39, 0.29) is 5.56 Å². The number of aromatic nitrogens is 1. The Morgan fingerprint density at radius 3 is 2.77 bits per heavy atom. The average Bonchev–Trinajstić information content (AvgIpc) is 2.55. The van der Waals surface area contributed by atoms with Gasteiger partial charge in [0, 0.05) is 18.0 Å². The zero-order valence-electron chi connectivity index (χ0n) is 12.5. The lowest BCUT2D eigenvalue weighted by Crippen LogP contribution is -2.33. The van der Waals surface area contributed by atoms with Crippen molar-refractivity contribution >= 4 is 16.9 Å². The molecule has 0 bridgehead atoms. The number of hydrogen-bond donors (Lipinski definition) is 1. The molecule has 1 fully saturated rings. The first-order valence-electron chi connectivity index (χ1n) is 7.72. The summed E-state index contributed by atoms with van der Waals surface area (Å²) >= 11 is 0. The SMILES string of the molecule is O=C(O)c1ccc2nc(OCCN3CCCCC3)ccc2c1. The van der Waals surface area contributed by atoms with E-state index in [2.05, 4.69) is 9.88 Å². The Morgan fingerprint density at radius 2 is 2.00 bits per heavy atom. The molecule has 1 aliphatic heterocycles. The number of hydrogen-bond acceptors (Lipinski definition) is 4. The maximum atomic E-state index is 11.0. The number of likely N-dealkylation sites (tertiary alicyclic amines) is 1. The van der Waals surface area contributed by atoms with Crippen LogP contribution in [0.15, 0.2) is 30.3 Å². The molecule has 1 aromatic carbocycles. The zero-order chi connectivity index (χ0) is 15.4. The van der Waals surface area contributed by atoms with Crippen molar-refractivity contribution in [1.82, 2.24) is 9.88 Å². The van der Waals surface area contributed by atoms with Gasteiger partial charge < -0.3 is 9.84 Å². The summed E-state index contributed by atoms with van der Waals surface area (Å²) in [5.41, 5.74) is 1.02. The summed E-state index contributed by atoms with van der Waals surface area (Å²) in [6.45, 7) is 3.88. The van der Waals surface area contributed by atoms with Crippen LogP contribution in [0.1, 0.15) is 29.6 Å². The standard InChI is InChI=1S/C17H20N2O3/c20-17(21)14-4-6-15-13(12-14)5-7-16(18-15)22-11-10-19-8-2-1-3-9-19/h4-7,12H,1-3,8-11H2,(H,20,21). The molecule has 0 unspecified atom stereocenters. The summed E-state index contributed by atoms with van der Waals surface area (Å²) in [4.78, 5) is 17.8. The molecule has 0 aliphatic carbocycles. The zero-order valence-corrected chi connectivity index (χ0v) is 12.5. The number of nitrogens with zero attached hydrogens (tertiary/aromatic N) is 2. The van der Waals surface area contributed by atoms with Gasteiger partial charge in [0.25, 0.3) is 0 Å². The summed E-state index contributed by atoms with van der Waals surface area (Å²) in [5.74, 6) is -0.337. The van der Waals surface area contributed by atoms with E-state index in [9.17, 15) is 4.79 Å². The Labute approximate surface area is 129 Å². The Hall–Kier alpha value is -2.14. The number of rotatable bonds is 5. The van der Waals surface area contributed by atoms with Gasteiger partial charge in [-0.2, -0.15) is 0 Å². The fraction of sp³-hybridized carbons (Fsp3) is 0.412. The van der Waals surface area contributed by atoms with E-state index in [1.165, 1.54) is 19.3 Å². The van der Waals surface area contributed by atoms with Crippen molar-refractivity contribution in [2.75, 3.05) is 26.2 Å². The third kappa shape index (κ3) is 3.54. The van der Waals surface area contributed by atoms with Crippen molar-refractivity contribution < 1.29 is 14.6 Å². The van der Waals surface area contributed by atoms with Gasteiger partial charge >= 0.3 is 5.97 Å². The van der Waals surface area contributed by atoms with Crippen LogP contribution in [0.5, 0.6) is 5.88 Å². The van der Waals surface area contributed by atoms with E-state index in [0.717, 1.165) is 30.5 Å². The van der Waals surface area contributed by atoms with E-state index in [0.29, 0.717) is 12.5 Å². The van der Waals surface area contributed by atoms with Crippen molar-refractivity contribution in [3.8, 4) is 5.88 Å². The third-order valence-corrected chi connectivity index (χ3v) is 4.02. The van der Waals surface area contributed by atoms with Crippen molar-refractivity contribution in [1.29, 1.82) is 0 Å². The Bertz CT molecular complexity index is 666. The minimum atomic E-state index is -0.927. The molecule has 1 saturated heterocycles. The monoisotopic (exact) mass is 300 g/mol. The largest absolute Gasteiger partial charge is 0.478 e.